The Kier molecular flexibility index (Phi) is 7.73. The molecule has 1 aromatic carbocycles. The van der Waals surface area contributed by atoms with Crippen LogP contribution in [-0.2, 0) is 11.3 Å². The summed E-state index contributed by atoms with van der Waals surface area (Å²) in [6.07, 6.45) is 0.812. The molecule has 0 saturated heterocycles. The van der Waals surface area contributed by atoms with Crippen molar-refractivity contribution in [1.29, 1.82) is 0 Å². The largest absolute Gasteiger partial charge is 0.493 e. The SMILES string of the molecule is COCCCOc1c(Cl)cc(CNC(C)C)cc1OC. The summed E-state index contributed by atoms with van der Waals surface area (Å²) in [5, 5.41) is 3.92. The van der Waals surface area contributed by atoms with Gasteiger partial charge in [-0.25, -0.2) is 0 Å². The minimum absolute atomic E-state index is 0.421. The van der Waals surface area contributed by atoms with Crippen LogP contribution in [0.2, 0.25) is 5.02 Å². The van der Waals surface area contributed by atoms with Crippen LogP contribution in [0.5, 0.6) is 11.5 Å². The smallest absolute Gasteiger partial charge is 0.179 e. The van der Waals surface area contributed by atoms with Crippen LogP contribution in [-0.4, -0.2) is 33.5 Å². The Balaban J connectivity index is 2.74. The quantitative estimate of drug-likeness (QED) is 0.711. The second kappa shape index (κ2) is 9.06. The van der Waals surface area contributed by atoms with Gasteiger partial charge < -0.3 is 19.5 Å². The van der Waals surface area contributed by atoms with Crippen LogP contribution in [0.3, 0.4) is 0 Å². The molecule has 0 aliphatic carbocycles. The molecule has 1 N–H and O–H groups in total. The van der Waals surface area contributed by atoms with Gasteiger partial charge in [-0.05, 0) is 17.7 Å². The fourth-order valence-corrected chi connectivity index (χ4v) is 2.00. The van der Waals surface area contributed by atoms with Gasteiger partial charge in [-0.3, -0.25) is 0 Å². The average Bonchev–Trinajstić information content (AvgIpc) is 2.42. The van der Waals surface area contributed by atoms with E-state index in [-0.39, 0.29) is 0 Å². The van der Waals surface area contributed by atoms with Gasteiger partial charge in [-0.1, -0.05) is 25.4 Å². The summed E-state index contributed by atoms with van der Waals surface area (Å²) in [6.45, 7) is 6.17. The van der Waals surface area contributed by atoms with Crippen molar-refractivity contribution >= 4 is 11.6 Å². The topological polar surface area (TPSA) is 39.7 Å². The van der Waals surface area contributed by atoms with Gasteiger partial charge >= 0.3 is 0 Å². The van der Waals surface area contributed by atoms with Crippen LogP contribution in [0, 0.1) is 0 Å². The lowest BCUT2D eigenvalue weighted by molar-refractivity contribution is 0.170. The molecular formula is C15H24ClNO3. The summed E-state index contributed by atoms with van der Waals surface area (Å²) in [7, 11) is 3.29. The molecule has 114 valence electrons. The van der Waals surface area contributed by atoms with E-state index in [2.05, 4.69) is 19.2 Å². The van der Waals surface area contributed by atoms with Crippen molar-refractivity contribution in [2.24, 2.45) is 0 Å². The molecule has 0 aliphatic rings. The third kappa shape index (κ3) is 5.57. The summed E-state index contributed by atoms with van der Waals surface area (Å²) >= 11 is 6.28. The van der Waals surface area contributed by atoms with E-state index < -0.39 is 0 Å². The molecule has 0 radical (unpaired) electrons. The summed E-state index contributed by atoms with van der Waals surface area (Å²) in [4.78, 5) is 0. The Hall–Kier alpha value is -0.970. The summed E-state index contributed by atoms with van der Waals surface area (Å²) in [6, 6.07) is 4.28. The number of ether oxygens (including phenoxy) is 3. The Labute approximate surface area is 126 Å². The van der Waals surface area contributed by atoms with Gasteiger partial charge in [0.05, 0.1) is 18.7 Å². The Morgan fingerprint density at radius 1 is 1.20 bits per heavy atom. The van der Waals surface area contributed by atoms with Crippen LogP contribution in [0.1, 0.15) is 25.8 Å². The van der Waals surface area contributed by atoms with Crippen LogP contribution < -0.4 is 14.8 Å². The normalized spacial score (nSPS) is 10.9. The summed E-state index contributed by atoms with van der Waals surface area (Å²) < 4.78 is 16.0. The van der Waals surface area contributed by atoms with E-state index in [0.717, 1.165) is 18.5 Å². The van der Waals surface area contributed by atoms with E-state index in [1.165, 1.54) is 0 Å². The minimum atomic E-state index is 0.421. The third-order valence-electron chi connectivity index (χ3n) is 2.74. The number of hydrogen-bond donors (Lipinski definition) is 1. The third-order valence-corrected chi connectivity index (χ3v) is 3.02. The number of benzene rings is 1. The van der Waals surface area contributed by atoms with Gasteiger partial charge in [0.15, 0.2) is 11.5 Å². The molecule has 0 aromatic heterocycles. The van der Waals surface area contributed by atoms with E-state index in [1.807, 2.05) is 12.1 Å². The van der Waals surface area contributed by atoms with Crippen LogP contribution in [0.15, 0.2) is 12.1 Å². The first kappa shape index (κ1) is 17.1. The van der Waals surface area contributed by atoms with Crippen molar-refractivity contribution in [2.75, 3.05) is 27.4 Å². The maximum Gasteiger partial charge on any atom is 0.179 e. The number of hydrogen-bond acceptors (Lipinski definition) is 4. The van der Waals surface area contributed by atoms with Gasteiger partial charge in [0.25, 0.3) is 0 Å². The molecule has 0 saturated carbocycles. The molecule has 0 aliphatic heterocycles. The van der Waals surface area contributed by atoms with Gasteiger partial charge in [0, 0.05) is 32.7 Å². The number of halogens is 1. The predicted octanol–water partition coefficient (Wildman–Crippen LogP) is 3.26. The molecule has 1 aromatic rings. The summed E-state index contributed by atoms with van der Waals surface area (Å²) in [5.74, 6) is 1.26. The molecule has 20 heavy (non-hydrogen) atoms. The Morgan fingerprint density at radius 2 is 1.95 bits per heavy atom. The lowest BCUT2D eigenvalue weighted by Gasteiger charge is -2.15. The van der Waals surface area contributed by atoms with Gasteiger partial charge in [0.2, 0.25) is 0 Å². The zero-order chi connectivity index (χ0) is 15.0. The highest BCUT2D eigenvalue weighted by Crippen LogP contribution is 2.36. The average molecular weight is 302 g/mol. The van der Waals surface area contributed by atoms with Gasteiger partial charge in [0.1, 0.15) is 0 Å². The lowest BCUT2D eigenvalue weighted by Crippen LogP contribution is -2.21. The molecule has 0 bridgehead atoms. The number of methoxy groups -OCH3 is 2. The first-order valence-electron chi connectivity index (χ1n) is 6.80. The van der Waals surface area contributed by atoms with Crippen LogP contribution in [0.4, 0.5) is 0 Å². The Morgan fingerprint density at radius 3 is 2.55 bits per heavy atom. The van der Waals surface area contributed by atoms with Gasteiger partial charge in [-0.2, -0.15) is 0 Å². The highest BCUT2D eigenvalue weighted by Gasteiger charge is 2.12. The Bertz CT molecular complexity index is 410. The fourth-order valence-electron chi connectivity index (χ4n) is 1.71. The summed E-state index contributed by atoms with van der Waals surface area (Å²) in [5.41, 5.74) is 1.07. The van der Waals surface area contributed by atoms with Crippen molar-refractivity contribution in [2.45, 2.75) is 32.9 Å². The van der Waals surface area contributed by atoms with Crippen molar-refractivity contribution in [1.82, 2.24) is 5.32 Å². The maximum absolute atomic E-state index is 6.28. The first-order valence-corrected chi connectivity index (χ1v) is 7.17. The zero-order valence-electron chi connectivity index (χ0n) is 12.7. The molecule has 0 spiro atoms. The van der Waals surface area contributed by atoms with Crippen LogP contribution >= 0.6 is 11.6 Å². The van der Waals surface area contributed by atoms with Gasteiger partial charge in [-0.15, -0.1) is 0 Å². The standard InChI is InChI=1S/C15H24ClNO3/c1-11(2)17-10-12-8-13(16)15(14(9-12)19-4)20-7-5-6-18-3/h8-9,11,17H,5-7,10H2,1-4H3. The number of rotatable bonds is 9. The van der Waals surface area contributed by atoms with E-state index in [9.17, 15) is 0 Å². The molecule has 0 heterocycles. The predicted molar refractivity (Wildman–Crippen MR) is 82.0 cm³/mol. The van der Waals surface area contributed by atoms with Crippen molar-refractivity contribution < 1.29 is 14.2 Å². The maximum atomic E-state index is 6.28. The fraction of sp³-hybridized carbons (Fsp3) is 0.600. The molecule has 5 heteroatoms. The molecule has 0 fully saturated rings. The van der Waals surface area contributed by atoms with E-state index in [0.29, 0.717) is 35.8 Å². The molecule has 0 amide bonds. The molecule has 4 nitrogen and oxygen atoms in total. The van der Waals surface area contributed by atoms with Crippen molar-refractivity contribution in [3.05, 3.63) is 22.7 Å². The molecular weight excluding hydrogens is 278 g/mol. The second-order valence-electron chi connectivity index (χ2n) is 4.84. The van der Waals surface area contributed by atoms with Crippen molar-refractivity contribution in [3.63, 3.8) is 0 Å². The molecule has 0 atom stereocenters. The monoisotopic (exact) mass is 301 g/mol. The minimum Gasteiger partial charge on any atom is -0.493 e. The highest BCUT2D eigenvalue weighted by molar-refractivity contribution is 6.32. The van der Waals surface area contributed by atoms with Crippen molar-refractivity contribution in [3.8, 4) is 11.5 Å². The molecule has 1 rings (SSSR count). The molecule has 0 unspecified atom stereocenters. The van der Waals surface area contributed by atoms with E-state index in [4.69, 9.17) is 25.8 Å². The number of nitrogens with one attached hydrogen (secondary N) is 1. The highest BCUT2D eigenvalue weighted by atomic mass is 35.5. The van der Waals surface area contributed by atoms with Crippen LogP contribution in [0.25, 0.3) is 0 Å². The zero-order valence-corrected chi connectivity index (χ0v) is 13.4. The van der Waals surface area contributed by atoms with E-state index >= 15 is 0 Å². The lowest BCUT2D eigenvalue weighted by atomic mass is 10.2. The first-order chi connectivity index (χ1) is 9.58. The second-order valence-corrected chi connectivity index (χ2v) is 5.25. The van der Waals surface area contributed by atoms with E-state index in [1.54, 1.807) is 14.2 Å².